The predicted octanol–water partition coefficient (Wildman–Crippen LogP) is 6.91. The third-order valence-corrected chi connectivity index (χ3v) is 10.3. The summed E-state index contributed by atoms with van der Waals surface area (Å²) in [6.45, 7) is -0.350. The van der Waals surface area contributed by atoms with Gasteiger partial charge in [0.1, 0.15) is 22.1 Å². The summed E-state index contributed by atoms with van der Waals surface area (Å²) in [6, 6.07) is 21.7. The Hall–Kier alpha value is -4.20. The van der Waals surface area contributed by atoms with Crippen molar-refractivity contribution in [2.75, 3.05) is 20.7 Å². The Morgan fingerprint density at radius 3 is 2.47 bits per heavy atom. The summed E-state index contributed by atoms with van der Waals surface area (Å²) < 4.78 is 46.8. The van der Waals surface area contributed by atoms with E-state index in [1.807, 2.05) is 18.2 Å². The Bertz CT molecular complexity index is 2090. The summed E-state index contributed by atoms with van der Waals surface area (Å²) in [7, 11) is -1.15. The zero-order valence-corrected chi connectivity index (χ0v) is 27.1. The molecule has 0 fully saturated rings. The summed E-state index contributed by atoms with van der Waals surface area (Å²) in [5.74, 6) is -0.329. The molecule has 0 atom stereocenters. The van der Waals surface area contributed by atoms with Gasteiger partial charge in [0.15, 0.2) is 5.78 Å². The van der Waals surface area contributed by atoms with Crippen molar-refractivity contribution in [3.63, 3.8) is 0 Å². The van der Waals surface area contributed by atoms with E-state index in [-0.39, 0.29) is 47.2 Å². The number of nitrogens with one attached hydrogen (secondary N) is 1. The molecule has 0 radical (unpaired) electrons. The Kier molecular flexibility index (Phi) is 10.4. The van der Waals surface area contributed by atoms with E-state index >= 15 is 0 Å². The highest BCUT2D eigenvalue weighted by Gasteiger charge is 2.27. The lowest BCUT2D eigenvalue weighted by Gasteiger charge is -2.16. The van der Waals surface area contributed by atoms with E-state index < -0.39 is 10.0 Å². The van der Waals surface area contributed by atoms with Gasteiger partial charge >= 0.3 is 0 Å². The minimum Gasteiger partial charge on any atom is -0.496 e. The molecule has 0 saturated heterocycles. The fraction of sp³-hybridized carbons (Fsp3) is 0.0968. The van der Waals surface area contributed by atoms with E-state index in [0.29, 0.717) is 27.4 Å². The molecule has 232 valence electrons. The van der Waals surface area contributed by atoms with Crippen LogP contribution in [0.1, 0.15) is 10.4 Å². The van der Waals surface area contributed by atoms with Crippen LogP contribution in [0.4, 0.5) is 4.39 Å². The lowest BCUT2D eigenvalue weighted by molar-refractivity contribution is 0.0970. The van der Waals surface area contributed by atoms with Crippen molar-refractivity contribution in [2.24, 2.45) is 0 Å². The van der Waals surface area contributed by atoms with E-state index in [2.05, 4.69) is 20.2 Å². The molecule has 3 aromatic carbocycles. The van der Waals surface area contributed by atoms with Crippen molar-refractivity contribution < 1.29 is 22.3 Å². The molecule has 45 heavy (non-hydrogen) atoms. The number of thiophene rings is 1. The molecule has 1 N–H and O–H groups in total. The Morgan fingerprint density at radius 1 is 0.978 bits per heavy atom. The second-order valence-electron chi connectivity index (χ2n) is 9.62. The normalized spacial score (nSPS) is 11.2. The van der Waals surface area contributed by atoms with Crippen LogP contribution in [0.25, 0.3) is 43.9 Å². The molecule has 0 unspecified atom stereocenters. The van der Waals surface area contributed by atoms with Gasteiger partial charge in [0.05, 0.1) is 47.2 Å². The average Bonchev–Trinajstić information content (AvgIpc) is 3.72. The molecule has 14 heteroatoms. The number of rotatable bonds is 9. The lowest BCUT2D eigenvalue weighted by atomic mass is 9.99. The topological polar surface area (TPSA) is 118 Å². The van der Waals surface area contributed by atoms with Crippen LogP contribution in [0.2, 0.25) is 0 Å². The van der Waals surface area contributed by atoms with Crippen LogP contribution in [-0.4, -0.2) is 59.4 Å². The zero-order chi connectivity index (χ0) is 30.1. The summed E-state index contributed by atoms with van der Waals surface area (Å²) in [5.41, 5.74) is 4.70. The summed E-state index contributed by atoms with van der Waals surface area (Å²) >= 11 is 1.06. The number of hydrogen-bond acceptors (Lipinski definition) is 8. The van der Waals surface area contributed by atoms with Crippen molar-refractivity contribution in [1.29, 1.82) is 0 Å². The minimum absolute atomic E-state index is 0. The molecule has 0 bridgehead atoms. The number of H-pyrrole nitrogens is 1. The molecule has 0 aliphatic heterocycles. The number of carbonyl (C=O) groups is 1. The monoisotopic (exact) mass is 685 g/mol. The molecule has 6 aromatic rings. The van der Waals surface area contributed by atoms with Crippen LogP contribution in [-0.2, 0) is 10.0 Å². The second kappa shape index (κ2) is 13.8. The number of carbonyl (C=O) groups excluding carboxylic acids is 1. The van der Waals surface area contributed by atoms with Gasteiger partial charge in [-0.3, -0.25) is 9.89 Å². The number of aromatic nitrogens is 4. The molecular formula is C31H26Cl2FN5O4S2. The van der Waals surface area contributed by atoms with Gasteiger partial charge in [0.25, 0.3) is 10.0 Å². The number of Topliss-reactive ketones (excluding diaryl/α,β-unsaturated/α-hetero) is 1. The molecule has 0 saturated carbocycles. The van der Waals surface area contributed by atoms with Gasteiger partial charge in [-0.2, -0.15) is 9.40 Å². The molecule has 6 rings (SSSR count). The van der Waals surface area contributed by atoms with Gasteiger partial charge in [-0.15, -0.1) is 36.2 Å². The summed E-state index contributed by atoms with van der Waals surface area (Å²) in [6.07, 6.45) is 3.13. The zero-order valence-electron chi connectivity index (χ0n) is 23.8. The molecule has 9 nitrogen and oxygen atoms in total. The van der Waals surface area contributed by atoms with E-state index in [1.165, 1.54) is 38.7 Å². The fourth-order valence-corrected chi connectivity index (χ4v) is 7.40. The van der Waals surface area contributed by atoms with Crippen molar-refractivity contribution in [3.8, 4) is 38.7 Å². The number of nitrogens with zero attached hydrogens (tertiary/aromatic N) is 4. The van der Waals surface area contributed by atoms with Crippen LogP contribution < -0.4 is 4.74 Å². The largest absolute Gasteiger partial charge is 0.496 e. The standard InChI is InChI=1S/C31H24FN5O4S2.2ClH/c1-37(17-26(38)22-5-3-4-6-27(22)41-2)43(39,40)29-14-13-28(42-29)31-23-15-20(9-12-25(23)33-18-34-31)24-16-35-36-30(24)19-7-10-21(32)11-8-19;;/h3-16,18H,17H2,1-2H3,(H,35,36);2*1H. The van der Waals surface area contributed by atoms with E-state index in [4.69, 9.17) is 4.74 Å². The van der Waals surface area contributed by atoms with Crippen LogP contribution in [0.3, 0.4) is 0 Å². The number of ether oxygens (including phenoxy) is 1. The SMILES string of the molecule is COc1ccccc1C(=O)CN(C)S(=O)(=O)c1ccc(-c2ncnc3ccc(-c4cn[nH]c4-c4ccc(F)cc4)cc23)s1.Cl.Cl. The maximum Gasteiger partial charge on any atom is 0.252 e. The van der Waals surface area contributed by atoms with E-state index in [1.54, 1.807) is 48.7 Å². The number of sulfonamides is 1. The molecule has 3 heterocycles. The van der Waals surface area contributed by atoms with Crippen LogP contribution in [0, 0.1) is 5.82 Å². The highest BCUT2D eigenvalue weighted by Crippen LogP contribution is 2.37. The molecule has 0 aliphatic rings. The van der Waals surface area contributed by atoms with E-state index in [0.717, 1.165) is 43.4 Å². The van der Waals surface area contributed by atoms with E-state index in [9.17, 15) is 17.6 Å². The van der Waals surface area contributed by atoms with Crippen LogP contribution in [0.5, 0.6) is 5.75 Å². The molecule has 0 spiro atoms. The summed E-state index contributed by atoms with van der Waals surface area (Å²) in [5, 5.41) is 7.91. The molecular weight excluding hydrogens is 660 g/mol. The number of benzene rings is 3. The van der Waals surface area contributed by atoms with Gasteiger partial charge in [-0.1, -0.05) is 18.2 Å². The van der Waals surface area contributed by atoms with Crippen molar-refractivity contribution in [3.05, 3.63) is 103 Å². The highest BCUT2D eigenvalue weighted by molar-refractivity contribution is 7.91. The van der Waals surface area contributed by atoms with Gasteiger partial charge in [-0.25, -0.2) is 22.8 Å². The smallest absolute Gasteiger partial charge is 0.252 e. The number of aromatic amines is 1. The molecule has 0 amide bonds. The molecule has 3 aromatic heterocycles. The quantitative estimate of drug-likeness (QED) is 0.164. The van der Waals surface area contributed by atoms with Crippen LogP contribution >= 0.6 is 36.2 Å². The summed E-state index contributed by atoms with van der Waals surface area (Å²) in [4.78, 5) is 22.4. The van der Waals surface area contributed by atoms with Gasteiger partial charge in [-0.05, 0) is 66.2 Å². The minimum atomic E-state index is -3.98. The first-order chi connectivity index (χ1) is 20.8. The second-order valence-corrected chi connectivity index (χ2v) is 13.0. The third kappa shape index (κ3) is 6.60. The van der Waals surface area contributed by atoms with Crippen molar-refractivity contribution in [2.45, 2.75) is 4.21 Å². The molecule has 0 aliphatic carbocycles. The number of fused-ring (bicyclic) bond motifs is 1. The number of para-hydroxylation sites is 1. The van der Waals surface area contributed by atoms with Crippen LogP contribution in [0.15, 0.2) is 95.6 Å². The number of hydrogen-bond donors (Lipinski definition) is 1. The number of methoxy groups -OCH3 is 1. The maximum absolute atomic E-state index is 13.5. The lowest BCUT2D eigenvalue weighted by Crippen LogP contribution is -2.31. The van der Waals surface area contributed by atoms with Gasteiger partial charge in [0.2, 0.25) is 0 Å². The number of likely N-dealkylation sites (N-methyl/N-ethyl adjacent to an activating group) is 1. The van der Waals surface area contributed by atoms with Gasteiger partial charge in [0, 0.05) is 23.6 Å². The average molecular weight is 687 g/mol. The Balaban J connectivity index is 0.00000230. The Morgan fingerprint density at radius 2 is 1.71 bits per heavy atom. The number of ketones is 1. The number of halogens is 3. The Labute approximate surface area is 275 Å². The van der Waals surface area contributed by atoms with Crippen molar-refractivity contribution in [1.82, 2.24) is 24.5 Å². The van der Waals surface area contributed by atoms with Crippen molar-refractivity contribution >= 4 is 62.9 Å². The van der Waals surface area contributed by atoms with Gasteiger partial charge < -0.3 is 4.74 Å². The third-order valence-electron chi connectivity index (χ3n) is 6.97. The fourth-order valence-electron chi connectivity index (χ4n) is 4.75. The highest BCUT2D eigenvalue weighted by atomic mass is 35.5. The first-order valence-corrected chi connectivity index (χ1v) is 15.3. The first kappa shape index (κ1) is 33.7. The predicted molar refractivity (Wildman–Crippen MR) is 177 cm³/mol. The maximum atomic E-state index is 13.5. The first-order valence-electron chi connectivity index (χ1n) is 13.0.